The van der Waals surface area contributed by atoms with Crippen molar-refractivity contribution in [1.82, 2.24) is 14.8 Å². The summed E-state index contributed by atoms with van der Waals surface area (Å²) in [6.45, 7) is 2.99. The van der Waals surface area contributed by atoms with Gasteiger partial charge in [0, 0.05) is 6.54 Å². The lowest BCUT2D eigenvalue weighted by molar-refractivity contribution is 0.613. The number of aromatic nitrogens is 3. The van der Waals surface area contributed by atoms with Crippen LogP contribution in [0.2, 0.25) is 0 Å². The Morgan fingerprint density at radius 2 is 2.00 bits per heavy atom. The highest BCUT2D eigenvalue weighted by molar-refractivity contribution is 5.21. The van der Waals surface area contributed by atoms with Crippen LogP contribution in [-0.2, 0) is 13.0 Å². The van der Waals surface area contributed by atoms with Crippen LogP contribution in [0.25, 0.3) is 0 Å². The van der Waals surface area contributed by atoms with Gasteiger partial charge < -0.3 is 0 Å². The monoisotopic (exact) mass is 187 g/mol. The molecule has 0 aliphatic rings. The Bertz CT molecular complexity index is 375. The minimum Gasteiger partial charge on any atom is -0.253 e. The first-order chi connectivity index (χ1) is 6.84. The van der Waals surface area contributed by atoms with E-state index in [0.717, 1.165) is 13.0 Å². The van der Waals surface area contributed by atoms with E-state index in [0.29, 0.717) is 0 Å². The molecule has 3 nitrogen and oxygen atoms in total. The zero-order valence-electron chi connectivity index (χ0n) is 8.22. The molecule has 2 aromatic rings. The fourth-order valence-corrected chi connectivity index (χ4v) is 1.35. The highest BCUT2D eigenvalue weighted by Crippen LogP contribution is 2.04. The van der Waals surface area contributed by atoms with Crippen molar-refractivity contribution in [3.8, 4) is 0 Å². The second-order valence-corrected chi connectivity index (χ2v) is 3.39. The molecule has 0 atom stereocenters. The molecule has 2 rings (SSSR count). The van der Waals surface area contributed by atoms with Crippen LogP contribution in [0.5, 0.6) is 0 Å². The average Bonchev–Trinajstić information content (AvgIpc) is 2.70. The zero-order chi connectivity index (χ0) is 9.80. The van der Waals surface area contributed by atoms with E-state index in [2.05, 4.69) is 41.3 Å². The van der Waals surface area contributed by atoms with Gasteiger partial charge in [-0.25, -0.2) is 4.98 Å². The zero-order valence-corrected chi connectivity index (χ0v) is 8.22. The Morgan fingerprint density at radius 3 is 2.64 bits per heavy atom. The van der Waals surface area contributed by atoms with Gasteiger partial charge in [-0.3, -0.25) is 4.68 Å². The molecule has 0 bridgehead atoms. The van der Waals surface area contributed by atoms with Gasteiger partial charge in [0.1, 0.15) is 12.7 Å². The lowest BCUT2D eigenvalue weighted by atomic mass is 10.1. The van der Waals surface area contributed by atoms with Crippen molar-refractivity contribution >= 4 is 0 Å². The Labute approximate surface area is 83.4 Å². The minimum atomic E-state index is 0.892. The van der Waals surface area contributed by atoms with E-state index in [4.69, 9.17) is 0 Å². The van der Waals surface area contributed by atoms with Crippen molar-refractivity contribution in [2.75, 3.05) is 0 Å². The van der Waals surface area contributed by atoms with Crippen molar-refractivity contribution in [1.29, 1.82) is 0 Å². The molecule has 14 heavy (non-hydrogen) atoms. The van der Waals surface area contributed by atoms with E-state index in [1.807, 2.05) is 4.68 Å². The van der Waals surface area contributed by atoms with Crippen LogP contribution in [0.4, 0.5) is 0 Å². The molecule has 72 valence electrons. The van der Waals surface area contributed by atoms with E-state index in [1.54, 1.807) is 12.7 Å². The van der Waals surface area contributed by atoms with E-state index >= 15 is 0 Å². The Kier molecular flexibility index (Phi) is 2.58. The van der Waals surface area contributed by atoms with Crippen molar-refractivity contribution in [3.05, 3.63) is 48.0 Å². The summed E-state index contributed by atoms with van der Waals surface area (Å²) >= 11 is 0. The number of nitrogens with zero attached hydrogens (tertiary/aromatic N) is 3. The molecule has 0 N–H and O–H groups in total. The summed E-state index contributed by atoms with van der Waals surface area (Å²) in [5, 5.41) is 4.05. The van der Waals surface area contributed by atoms with Crippen molar-refractivity contribution in [2.45, 2.75) is 19.9 Å². The topological polar surface area (TPSA) is 30.7 Å². The SMILES string of the molecule is Cc1ccc(CCn2cncn2)cc1. The third kappa shape index (κ3) is 2.19. The minimum absolute atomic E-state index is 0.892. The van der Waals surface area contributed by atoms with Gasteiger partial charge in [-0.2, -0.15) is 5.10 Å². The van der Waals surface area contributed by atoms with Gasteiger partial charge in [-0.05, 0) is 18.9 Å². The normalized spacial score (nSPS) is 10.4. The Hall–Kier alpha value is -1.64. The molecule has 0 saturated heterocycles. The molecule has 0 spiro atoms. The predicted molar refractivity (Wildman–Crippen MR) is 54.9 cm³/mol. The maximum absolute atomic E-state index is 4.05. The molecule has 0 aliphatic carbocycles. The lowest BCUT2D eigenvalue weighted by Crippen LogP contribution is -2.01. The predicted octanol–water partition coefficient (Wildman–Crippen LogP) is 1.83. The molecule has 0 aliphatic heterocycles. The first kappa shape index (κ1) is 8.94. The van der Waals surface area contributed by atoms with Crippen LogP contribution in [-0.4, -0.2) is 14.8 Å². The van der Waals surface area contributed by atoms with Crippen LogP contribution in [0, 0.1) is 6.92 Å². The quantitative estimate of drug-likeness (QED) is 0.734. The fraction of sp³-hybridized carbons (Fsp3) is 0.273. The molecule has 0 fully saturated rings. The highest BCUT2D eigenvalue weighted by atomic mass is 15.3. The van der Waals surface area contributed by atoms with Crippen molar-refractivity contribution in [2.24, 2.45) is 0 Å². The number of rotatable bonds is 3. The van der Waals surface area contributed by atoms with Crippen molar-refractivity contribution in [3.63, 3.8) is 0 Å². The number of hydrogen-bond acceptors (Lipinski definition) is 2. The standard InChI is InChI=1S/C11H13N3/c1-10-2-4-11(5-3-10)6-7-14-9-12-8-13-14/h2-5,8-9H,6-7H2,1H3. The third-order valence-electron chi connectivity index (χ3n) is 2.22. The van der Waals surface area contributed by atoms with Gasteiger partial charge in [-0.1, -0.05) is 29.8 Å². The summed E-state index contributed by atoms with van der Waals surface area (Å²) < 4.78 is 1.85. The molecule has 0 unspecified atom stereocenters. The third-order valence-corrected chi connectivity index (χ3v) is 2.22. The molecule has 0 radical (unpaired) electrons. The van der Waals surface area contributed by atoms with E-state index in [9.17, 15) is 0 Å². The number of aryl methyl sites for hydroxylation is 3. The van der Waals surface area contributed by atoms with E-state index < -0.39 is 0 Å². The molecular formula is C11H13N3. The van der Waals surface area contributed by atoms with E-state index in [-0.39, 0.29) is 0 Å². The highest BCUT2D eigenvalue weighted by Gasteiger charge is 1.94. The summed E-state index contributed by atoms with van der Waals surface area (Å²) in [4.78, 5) is 3.90. The summed E-state index contributed by atoms with van der Waals surface area (Å²) in [7, 11) is 0. The van der Waals surface area contributed by atoms with Gasteiger partial charge in [0.05, 0.1) is 0 Å². The van der Waals surface area contributed by atoms with Gasteiger partial charge >= 0.3 is 0 Å². The molecule has 3 heteroatoms. The smallest absolute Gasteiger partial charge is 0.137 e. The first-order valence-corrected chi connectivity index (χ1v) is 4.72. The molecule has 1 heterocycles. The molecular weight excluding hydrogens is 174 g/mol. The molecule has 1 aromatic heterocycles. The van der Waals surface area contributed by atoms with Gasteiger partial charge in [-0.15, -0.1) is 0 Å². The molecule has 0 amide bonds. The largest absolute Gasteiger partial charge is 0.253 e. The van der Waals surface area contributed by atoms with Gasteiger partial charge in [0.25, 0.3) is 0 Å². The second-order valence-electron chi connectivity index (χ2n) is 3.39. The van der Waals surface area contributed by atoms with Crippen LogP contribution in [0.15, 0.2) is 36.9 Å². The Balaban J connectivity index is 1.95. The van der Waals surface area contributed by atoms with Gasteiger partial charge in [0.2, 0.25) is 0 Å². The summed E-state index contributed by atoms with van der Waals surface area (Å²) in [6.07, 6.45) is 4.31. The second kappa shape index (κ2) is 4.05. The van der Waals surface area contributed by atoms with E-state index in [1.165, 1.54) is 11.1 Å². The lowest BCUT2D eigenvalue weighted by Gasteiger charge is -2.01. The van der Waals surface area contributed by atoms with Crippen LogP contribution >= 0.6 is 0 Å². The maximum Gasteiger partial charge on any atom is 0.137 e. The number of benzene rings is 1. The van der Waals surface area contributed by atoms with Crippen LogP contribution in [0.3, 0.4) is 0 Å². The van der Waals surface area contributed by atoms with Crippen LogP contribution in [0.1, 0.15) is 11.1 Å². The Morgan fingerprint density at radius 1 is 1.21 bits per heavy atom. The molecule has 0 saturated carbocycles. The number of hydrogen-bond donors (Lipinski definition) is 0. The maximum atomic E-state index is 4.05. The average molecular weight is 187 g/mol. The van der Waals surface area contributed by atoms with Gasteiger partial charge in [0.15, 0.2) is 0 Å². The summed E-state index contributed by atoms with van der Waals surface area (Å²) in [5.74, 6) is 0. The molecule has 1 aromatic carbocycles. The first-order valence-electron chi connectivity index (χ1n) is 4.72. The summed E-state index contributed by atoms with van der Waals surface area (Å²) in [6, 6.07) is 8.59. The van der Waals surface area contributed by atoms with Crippen LogP contribution < -0.4 is 0 Å². The summed E-state index contributed by atoms with van der Waals surface area (Å²) in [5.41, 5.74) is 2.64. The van der Waals surface area contributed by atoms with Crippen molar-refractivity contribution < 1.29 is 0 Å². The fourth-order valence-electron chi connectivity index (χ4n) is 1.35.